The number of carbonyl (C=O) groups is 1. The van der Waals surface area contributed by atoms with E-state index in [1.807, 2.05) is 18.7 Å². The Morgan fingerprint density at radius 2 is 2.05 bits per heavy atom. The van der Waals surface area contributed by atoms with Gasteiger partial charge in [0, 0.05) is 12.6 Å². The quantitative estimate of drug-likeness (QED) is 0.644. The molecule has 0 aromatic rings. The van der Waals surface area contributed by atoms with E-state index in [0.717, 1.165) is 25.0 Å². The average molecular weight is 322 g/mol. The third kappa shape index (κ3) is 5.28. The van der Waals surface area contributed by atoms with E-state index in [2.05, 4.69) is 6.92 Å². The highest BCUT2D eigenvalue weighted by Crippen LogP contribution is 2.22. The number of carbonyl (C=O) groups excluding carboxylic acids is 1. The van der Waals surface area contributed by atoms with Gasteiger partial charge in [0.1, 0.15) is 0 Å². The van der Waals surface area contributed by atoms with Crippen LogP contribution < -0.4 is 0 Å². The Bertz CT molecular complexity index is 409. The topological polar surface area (TPSA) is 54.5 Å². The molecule has 1 saturated heterocycles. The van der Waals surface area contributed by atoms with E-state index in [0.29, 0.717) is 13.0 Å². The van der Waals surface area contributed by atoms with Crippen molar-refractivity contribution in [1.82, 2.24) is 4.90 Å². The monoisotopic (exact) mass is 321 g/mol. The van der Waals surface area contributed by atoms with Crippen LogP contribution in [-0.4, -0.2) is 54.3 Å². The smallest absolute Gasteiger partial charge is 0.235 e. The van der Waals surface area contributed by atoms with Crippen LogP contribution in [-0.2, 0) is 14.6 Å². The molecule has 4 nitrogen and oxygen atoms in total. The largest absolute Gasteiger partial charge is 0.338 e. The van der Waals surface area contributed by atoms with Gasteiger partial charge in [0.05, 0.1) is 16.8 Å². The number of rotatable bonds is 8. The summed E-state index contributed by atoms with van der Waals surface area (Å²) in [4.78, 5) is 14.3. The number of hydrogen-bond acceptors (Lipinski definition) is 4. The molecule has 2 unspecified atom stereocenters. The van der Waals surface area contributed by atoms with Crippen molar-refractivity contribution in [2.24, 2.45) is 0 Å². The van der Waals surface area contributed by atoms with Gasteiger partial charge in [-0.05, 0) is 31.9 Å². The fraction of sp³-hybridized carbons (Fsp3) is 0.929. The number of amides is 1. The van der Waals surface area contributed by atoms with Crippen LogP contribution in [0.25, 0.3) is 0 Å². The summed E-state index contributed by atoms with van der Waals surface area (Å²) in [7, 11) is -2.94. The Morgan fingerprint density at radius 1 is 1.35 bits per heavy atom. The minimum absolute atomic E-state index is 0.0728. The maximum absolute atomic E-state index is 12.5. The summed E-state index contributed by atoms with van der Waals surface area (Å²) in [5.41, 5.74) is 0. The van der Waals surface area contributed by atoms with Gasteiger partial charge in [-0.3, -0.25) is 4.79 Å². The second-order valence-corrected chi connectivity index (χ2v) is 9.13. The van der Waals surface area contributed by atoms with Crippen molar-refractivity contribution in [3.8, 4) is 0 Å². The highest BCUT2D eigenvalue weighted by molar-refractivity contribution is 8.00. The van der Waals surface area contributed by atoms with Crippen LogP contribution >= 0.6 is 11.8 Å². The first-order valence-electron chi connectivity index (χ1n) is 7.53. The first-order valence-corrected chi connectivity index (χ1v) is 10.4. The van der Waals surface area contributed by atoms with Crippen LogP contribution in [0.1, 0.15) is 46.5 Å². The van der Waals surface area contributed by atoms with Crippen molar-refractivity contribution < 1.29 is 13.2 Å². The van der Waals surface area contributed by atoms with Crippen molar-refractivity contribution in [3.05, 3.63) is 0 Å². The van der Waals surface area contributed by atoms with E-state index in [1.54, 1.807) is 11.8 Å². The van der Waals surface area contributed by atoms with Gasteiger partial charge in [0.15, 0.2) is 9.84 Å². The fourth-order valence-electron chi connectivity index (χ4n) is 2.44. The molecule has 0 radical (unpaired) electrons. The molecule has 1 rings (SSSR count). The lowest BCUT2D eigenvalue weighted by molar-refractivity contribution is -0.132. The average Bonchev–Trinajstić information content (AvgIpc) is 2.75. The molecular formula is C14H27NO3S2. The van der Waals surface area contributed by atoms with Gasteiger partial charge < -0.3 is 4.90 Å². The molecule has 1 heterocycles. The number of unbranched alkanes of at least 4 members (excludes halogenated alkanes) is 1. The number of sulfone groups is 1. The highest BCUT2D eigenvalue weighted by Gasteiger charge is 2.35. The molecule has 0 spiro atoms. The molecule has 6 heteroatoms. The van der Waals surface area contributed by atoms with Crippen LogP contribution in [0.5, 0.6) is 0 Å². The molecule has 0 aliphatic carbocycles. The van der Waals surface area contributed by atoms with E-state index in [1.165, 1.54) is 0 Å². The summed E-state index contributed by atoms with van der Waals surface area (Å²) in [6, 6.07) is -0.110. The summed E-state index contributed by atoms with van der Waals surface area (Å²) in [6.07, 6.45) is 3.72. The van der Waals surface area contributed by atoms with Gasteiger partial charge in [-0.15, -0.1) is 11.8 Å². The van der Waals surface area contributed by atoms with Gasteiger partial charge in [-0.2, -0.15) is 0 Å². The number of nitrogens with zero attached hydrogens (tertiary/aromatic N) is 1. The Hall–Kier alpha value is -0.230. The zero-order valence-corrected chi connectivity index (χ0v) is 14.4. The first-order chi connectivity index (χ1) is 9.41. The van der Waals surface area contributed by atoms with Crippen LogP contribution in [0.4, 0.5) is 0 Å². The van der Waals surface area contributed by atoms with E-state index < -0.39 is 9.84 Å². The van der Waals surface area contributed by atoms with Gasteiger partial charge in [-0.1, -0.05) is 20.3 Å². The Morgan fingerprint density at radius 3 is 2.55 bits per heavy atom. The summed E-state index contributed by atoms with van der Waals surface area (Å²) >= 11 is 1.68. The van der Waals surface area contributed by atoms with Crippen molar-refractivity contribution >= 4 is 27.5 Å². The van der Waals surface area contributed by atoms with Crippen LogP contribution in [0, 0.1) is 0 Å². The molecule has 0 aromatic heterocycles. The third-order valence-corrected chi connectivity index (χ3v) is 6.59. The van der Waals surface area contributed by atoms with E-state index in [4.69, 9.17) is 0 Å². The lowest BCUT2D eigenvalue weighted by Crippen LogP contribution is -2.45. The molecule has 1 aliphatic rings. The zero-order valence-electron chi connectivity index (χ0n) is 12.8. The predicted octanol–water partition coefficient (Wildman–Crippen LogP) is 2.33. The van der Waals surface area contributed by atoms with E-state index in [9.17, 15) is 13.2 Å². The molecule has 118 valence electrons. The summed E-state index contributed by atoms with van der Waals surface area (Å²) < 4.78 is 23.2. The van der Waals surface area contributed by atoms with Crippen LogP contribution in [0.15, 0.2) is 0 Å². The molecular weight excluding hydrogens is 294 g/mol. The third-order valence-electron chi connectivity index (χ3n) is 3.61. The van der Waals surface area contributed by atoms with Crippen LogP contribution in [0.2, 0.25) is 0 Å². The molecule has 0 N–H and O–H groups in total. The molecule has 20 heavy (non-hydrogen) atoms. The van der Waals surface area contributed by atoms with Gasteiger partial charge in [-0.25, -0.2) is 8.42 Å². The van der Waals surface area contributed by atoms with Gasteiger partial charge >= 0.3 is 0 Å². The van der Waals surface area contributed by atoms with E-state index >= 15 is 0 Å². The SMILES string of the molecule is CCCCSC(C)C(=O)N(CCC)C1CCS(=O)(=O)C1. The molecule has 0 aromatic carbocycles. The maximum Gasteiger partial charge on any atom is 0.235 e. The minimum atomic E-state index is -2.94. The number of thioether (sulfide) groups is 1. The van der Waals surface area contributed by atoms with Crippen molar-refractivity contribution in [2.75, 3.05) is 23.8 Å². The number of hydrogen-bond donors (Lipinski definition) is 0. The summed E-state index contributed by atoms with van der Waals surface area (Å²) in [5, 5.41) is -0.0728. The molecule has 1 amide bonds. The Balaban J connectivity index is 2.63. The summed E-state index contributed by atoms with van der Waals surface area (Å²) in [5.74, 6) is 1.47. The Labute approximate surface area is 127 Å². The minimum Gasteiger partial charge on any atom is -0.338 e. The standard InChI is InChI=1S/C14H27NO3S2/c1-4-6-9-19-12(3)14(16)15(8-5-2)13-7-10-20(17,18)11-13/h12-13H,4-11H2,1-3H3. The molecule has 2 atom stereocenters. The maximum atomic E-state index is 12.5. The Kier molecular flexibility index (Phi) is 7.37. The van der Waals surface area contributed by atoms with Crippen LogP contribution in [0.3, 0.4) is 0 Å². The van der Waals surface area contributed by atoms with Crippen molar-refractivity contribution in [2.45, 2.75) is 57.7 Å². The van der Waals surface area contributed by atoms with Gasteiger partial charge in [0.2, 0.25) is 5.91 Å². The molecule has 0 bridgehead atoms. The van der Waals surface area contributed by atoms with E-state index in [-0.39, 0.29) is 28.7 Å². The van der Waals surface area contributed by atoms with Crippen molar-refractivity contribution in [1.29, 1.82) is 0 Å². The molecule has 1 aliphatic heterocycles. The second-order valence-electron chi connectivity index (χ2n) is 5.46. The van der Waals surface area contributed by atoms with Crippen molar-refractivity contribution in [3.63, 3.8) is 0 Å². The molecule has 1 fully saturated rings. The lowest BCUT2D eigenvalue weighted by atomic mass is 10.2. The van der Waals surface area contributed by atoms with Gasteiger partial charge in [0.25, 0.3) is 0 Å². The highest BCUT2D eigenvalue weighted by atomic mass is 32.2. The normalized spacial score (nSPS) is 22.6. The molecule has 0 saturated carbocycles. The fourth-order valence-corrected chi connectivity index (χ4v) is 5.26. The second kappa shape index (κ2) is 8.27. The summed E-state index contributed by atoms with van der Waals surface area (Å²) in [6.45, 7) is 6.77. The predicted molar refractivity (Wildman–Crippen MR) is 85.9 cm³/mol. The first kappa shape index (κ1) is 17.8. The zero-order chi connectivity index (χ0) is 15.2. The lowest BCUT2D eigenvalue weighted by Gasteiger charge is -2.30.